The number of esters is 1. The lowest BCUT2D eigenvalue weighted by Crippen LogP contribution is -2.43. The molecular weight excluding hydrogens is 320 g/mol. The molecule has 0 bridgehead atoms. The molecule has 25 heavy (non-hydrogen) atoms. The summed E-state index contributed by atoms with van der Waals surface area (Å²) in [7, 11) is 1.32. The van der Waals surface area contributed by atoms with Crippen LogP contribution < -0.4 is 5.32 Å². The van der Waals surface area contributed by atoms with Gasteiger partial charge in [0.15, 0.2) is 0 Å². The molecule has 0 aliphatic carbocycles. The standard InChI is InChI=1S/C19H24N2O4/c1-12(2)10-16(19(23)24-4)20-17(22)11-15-13(3)25-18(21-15)14-8-6-5-7-9-14/h5-9,12,16H,10-11H2,1-4H3,(H,20,22)/t16-/m0/s1. The minimum Gasteiger partial charge on any atom is -0.467 e. The van der Waals surface area contributed by atoms with Crippen molar-refractivity contribution in [1.82, 2.24) is 10.3 Å². The Morgan fingerprint density at radius 2 is 1.92 bits per heavy atom. The number of oxazole rings is 1. The van der Waals surface area contributed by atoms with E-state index < -0.39 is 12.0 Å². The molecule has 0 spiro atoms. The summed E-state index contributed by atoms with van der Waals surface area (Å²) in [5.74, 6) is 0.596. The molecule has 0 unspecified atom stereocenters. The second-order valence-electron chi connectivity index (χ2n) is 6.34. The molecule has 0 radical (unpaired) electrons. The van der Waals surface area contributed by atoms with Crippen molar-refractivity contribution in [2.75, 3.05) is 7.11 Å². The summed E-state index contributed by atoms with van der Waals surface area (Å²) in [5.41, 5.74) is 1.41. The fraction of sp³-hybridized carbons (Fsp3) is 0.421. The molecule has 1 amide bonds. The van der Waals surface area contributed by atoms with Gasteiger partial charge in [-0.05, 0) is 31.4 Å². The van der Waals surface area contributed by atoms with Gasteiger partial charge in [-0.2, -0.15) is 0 Å². The lowest BCUT2D eigenvalue weighted by molar-refractivity contribution is -0.145. The van der Waals surface area contributed by atoms with Crippen molar-refractivity contribution in [2.24, 2.45) is 5.92 Å². The van der Waals surface area contributed by atoms with E-state index in [4.69, 9.17) is 9.15 Å². The summed E-state index contributed by atoms with van der Waals surface area (Å²) in [5, 5.41) is 2.73. The van der Waals surface area contributed by atoms with E-state index in [1.165, 1.54) is 7.11 Å². The van der Waals surface area contributed by atoms with E-state index in [9.17, 15) is 9.59 Å². The van der Waals surface area contributed by atoms with Crippen LogP contribution in [-0.4, -0.2) is 30.0 Å². The number of carbonyl (C=O) groups excluding carboxylic acids is 2. The van der Waals surface area contributed by atoms with Crippen LogP contribution in [0.4, 0.5) is 0 Å². The summed E-state index contributed by atoms with van der Waals surface area (Å²) in [4.78, 5) is 28.6. The predicted octanol–water partition coefficient (Wildman–Crippen LogP) is 2.90. The Bertz CT molecular complexity index is 722. The normalized spacial score (nSPS) is 12.0. The quantitative estimate of drug-likeness (QED) is 0.781. The first kappa shape index (κ1) is 18.7. The van der Waals surface area contributed by atoms with Crippen LogP contribution in [0.3, 0.4) is 0 Å². The number of carbonyl (C=O) groups is 2. The highest BCUT2D eigenvalue weighted by atomic mass is 16.5. The topological polar surface area (TPSA) is 81.4 Å². The Balaban J connectivity index is 2.07. The molecule has 1 heterocycles. The van der Waals surface area contributed by atoms with E-state index in [0.29, 0.717) is 23.8 Å². The van der Waals surface area contributed by atoms with Gasteiger partial charge in [-0.3, -0.25) is 4.79 Å². The largest absolute Gasteiger partial charge is 0.467 e. The zero-order valence-electron chi connectivity index (χ0n) is 15.0. The highest BCUT2D eigenvalue weighted by Gasteiger charge is 2.23. The van der Waals surface area contributed by atoms with Gasteiger partial charge in [-0.1, -0.05) is 32.0 Å². The molecule has 0 saturated heterocycles. The van der Waals surface area contributed by atoms with Gasteiger partial charge in [0.05, 0.1) is 19.2 Å². The highest BCUT2D eigenvalue weighted by Crippen LogP contribution is 2.21. The molecule has 2 rings (SSSR count). The molecule has 1 atom stereocenters. The average molecular weight is 344 g/mol. The van der Waals surface area contributed by atoms with E-state index in [-0.39, 0.29) is 18.2 Å². The van der Waals surface area contributed by atoms with E-state index in [1.807, 2.05) is 44.2 Å². The van der Waals surface area contributed by atoms with Crippen molar-refractivity contribution in [3.05, 3.63) is 41.8 Å². The van der Waals surface area contributed by atoms with Crippen molar-refractivity contribution in [3.8, 4) is 11.5 Å². The Kier molecular flexibility index (Phi) is 6.33. The van der Waals surface area contributed by atoms with E-state index in [1.54, 1.807) is 6.92 Å². The molecule has 1 aromatic heterocycles. The van der Waals surface area contributed by atoms with Crippen LogP contribution in [0, 0.1) is 12.8 Å². The summed E-state index contributed by atoms with van der Waals surface area (Å²) in [6.45, 7) is 5.74. The Morgan fingerprint density at radius 1 is 1.24 bits per heavy atom. The molecule has 0 fully saturated rings. The van der Waals surface area contributed by atoms with Crippen LogP contribution in [0.1, 0.15) is 31.7 Å². The summed E-state index contributed by atoms with van der Waals surface area (Å²) >= 11 is 0. The molecule has 0 aliphatic rings. The van der Waals surface area contributed by atoms with Gasteiger partial charge in [0.2, 0.25) is 11.8 Å². The number of ether oxygens (including phenoxy) is 1. The number of hydrogen-bond donors (Lipinski definition) is 1. The number of methoxy groups -OCH3 is 1. The number of aromatic nitrogens is 1. The second-order valence-corrected chi connectivity index (χ2v) is 6.34. The average Bonchev–Trinajstić information content (AvgIpc) is 2.94. The number of rotatable bonds is 7. The smallest absolute Gasteiger partial charge is 0.328 e. The van der Waals surface area contributed by atoms with Crippen LogP contribution in [0.25, 0.3) is 11.5 Å². The molecule has 1 N–H and O–H groups in total. The van der Waals surface area contributed by atoms with Gasteiger partial charge in [-0.15, -0.1) is 0 Å². The zero-order chi connectivity index (χ0) is 18.4. The SMILES string of the molecule is COC(=O)[C@H](CC(C)C)NC(=O)Cc1nc(-c2ccccc2)oc1C. The molecule has 0 saturated carbocycles. The maximum Gasteiger partial charge on any atom is 0.328 e. The van der Waals surface area contributed by atoms with Gasteiger partial charge < -0.3 is 14.5 Å². The first-order valence-electron chi connectivity index (χ1n) is 8.29. The summed E-state index contributed by atoms with van der Waals surface area (Å²) in [6.07, 6.45) is 0.569. The van der Waals surface area contributed by atoms with Gasteiger partial charge in [0.25, 0.3) is 0 Å². The third-order valence-electron chi connectivity index (χ3n) is 3.77. The van der Waals surface area contributed by atoms with Crippen LogP contribution in [-0.2, 0) is 20.7 Å². The lowest BCUT2D eigenvalue weighted by atomic mass is 10.0. The van der Waals surface area contributed by atoms with Crippen LogP contribution in [0.5, 0.6) is 0 Å². The fourth-order valence-corrected chi connectivity index (χ4v) is 2.52. The predicted molar refractivity (Wildman–Crippen MR) is 93.8 cm³/mol. The first-order valence-corrected chi connectivity index (χ1v) is 8.29. The molecule has 6 nitrogen and oxygen atoms in total. The van der Waals surface area contributed by atoms with Crippen molar-refractivity contribution in [1.29, 1.82) is 0 Å². The van der Waals surface area contributed by atoms with Crippen molar-refractivity contribution >= 4 is 11.9 Å². The summed E-state index contributed by atoms with van der Waals surface area (Å²) < 4.78 is 10.4. The molecule has 2 aromatic rings. The highest BCUT2D eigenvalue weighted by molar-refractivity contribution is 5.85. The van der Waals surface area contributed by atoms with Crippen molar-refractivity contribution in [3.63, 3.8) is 0 Å². The van der Waals surface area contributed by atoms with E-state index >= 15 is 0 Å². The first-order chi connectivity index (χ1) is 11.9. The van der Waals surface area contributed by atoms with E-state index in [2.05, 4.69) is 10.3 Å². The Labute approximate surface area is 147 Å². The zero-order valence-corrected chi connectivity index (χ0v) is 15.0. The molecule has 6 heteroatoms. The molecule has 0 aliphatic heterocycles. The van der Waals surface area contributed by atoms with Gasteiger partial charge >= 0.3 is 5.97 Å². The Morgan fingerprint density at radius 3 is 2.52 bits per heavy atom. The number of benzene rings is 1. The minimum absolute atomic E-state index is 0.0494. The van der Waals surface area contributed by atoms with Crippen LogP contribution >= 0.6 is 0 Å². The van der Waals surface area contributed by atoms with Gasteiger partial charge in [-0.25, -0.2) is 9.78 Å². The van der Waals surface area contributed by atoms with Gasteiger partial charge in [0, 0.05) is 5.56 Å². The molecular formula is C19H24N2O4. The third kappa shape index (κ3) is 5.17. The van der Waals surface area contributed by atoms with Gasteiger partial charge in [0.1, 0.15) is 11.8 Å². The van der Waals surface area contributed by atoms with Crippen molar-refractivity contribution < 1.29 is 18.7 Å². The van der Waals surface area contributed by atoms with Crippen molar-refractivity contribution in [2.45, 2.75) is 39.7 Å². The monoisotopic (exact) mass is 344 g/mol. The van der Waals surface area contributed by atoms with Crippen LogP contribution in [0.15, 0.2) is 34.7 Å². The maximum absolute atomic E-state index is 12.3. The van der Waals surface area contributed by atoms with E-state index in [0.717, 1.165) is 5.56 Å². The number of nitrogens with one attached hydrogen (secondary N) is 1. The number of amides is 1. The second kappa shape index (κ2) is 8.46. The minimum atomic E-state index is -0.654. The third-order valence-corrected chi connectivity index (χ3v) is 3.77. The fourth-order valence-electron chi connectivity index (χ4n) is 2.52. The number of aryl methyl sites for hydroxylation is 1. The summed E-state index contributed by atoms with van der Waals surface area (Å²) in [6, 6.07) is 8.84. The maximum atomic E-state index is 12.3. The van der Waals surface area contributed by atoms with Crippen LogP contribution in [0.2, 0.25) is 0 Å². The molecule has 134 valence electrons. The number of nitrogens with zero attached hydrogens (tertiary/aromatic N) is 1. The lowest BCUT2D eigenvalue weighted by Gasteiger charge is -2.18. The Hall–Kier alpha value is -2.63. The molecule has 1 aromatic carbocycles. The number of hydrogen-bond acceptors (Lipinski definition) is 5.